The van der Waals surface area contributed by atoms with Crippen LogP contribution in [0, 0.1) is 0 Å². The molecule has 3 N–H and O–H groups in total. The number of nitrogens with two attached hydrogens (primary N) is 1. The maximum atomic E-state index is 11.6. The molecule has 0 spiro atoms. The zero-order chi connectivity index (χ0) is 13.7. The molecule has 2 rings (SSSR count). The standard InChI is InChI=1S/C13H19N5O/c1-2-10(14)9-13(19)15-7-6-12-17-16-11-5-3-4-8-18(11)12/h3-5,8,10H,2,6-7,9,14H2,1H3,(H,15,19). The highest BCUT2D eigenvalue weighted by Crippen LogP contribution is 2.02. The number of hydrogen-bond donors (Lipinski definition) is 2. The van der Waals surface area contributed by atoms with Gasteiger partial charge < -0.3 is 11.1 Å². The van der Waals surface area contributed by atoms with Gasteiger partial charge >= 0.3 is 0 Å². The molecule has 0 saturated heterocycles. The number of carbonyl (C=O) groups excluding carboxylic acids is 1. The zero-order valence-electron chi connectivity index (χ0n) is 11.0. The van der Waals surface area contributed by atoms with E-state index < -0.39 is 0 Å². The van der Waals surface area contributed by atoms with E-state index in [1.165, 1.54) is 0 Å². The van der Waals surface area contributed by atoms with Crippen LogP contribution in [0.1, 0.15) is 25.6 Å². The Bertz CT molecular complexity index is 551. The first-order chi connectivity index (χ1) is 9.20. The van der Waals surface area contributed by atoms with E-state index in [0.29, 0.717) is 19.4 Å². The summed E-state index contributed by atoms with van der Waals surface area (Å²) in [6, 6.07) is 5.68. The summed E-state index contributed by atoms with van der Waals surface area (Å²) in [5.41, 5.74) is 6.54. The number of carbonyl (C=O) groups is 1. The highest BCUT2D eigenvalue weighted by atomic mass is 16.1. The summed E-state index contributed by atoms with van der Waals surface area (Å²) < 4.78 is 1.92. The molecule has 2 heterocycles. The minimum Gasteiger partial charge on any atom is -0.356 e. The van der Waals surface area contributed by atoms with E-state index in [-0.39, 0.29) is 11.9 Å². The first-order valence-electron chi connectivity index (χ1n) is 6.51. The topological polar surface area (TPSA) is 85.3 Å². The van der Waals surface area contributed by atoms with Gasteiger partial charge in [-0.2, -0.15) is 0 Å². The molecule has 0 aliphatic carbocycles. The van der Waals surface area contributed by atoms with E-state index in [2.05, 4.69) is 15.5 Å². The van der Waals surface area contributed by atoms with Gasteiger partial charge in [-0.25, -0.2) is 0 Å². The van der Waals surface area contributed by atoms with Gasteiger partial charge in [-0.3, -0.25) is 9.20 Å². The number of rotatable bonds is 6. The van der Waals surface area contributed by atoms with Crippen LogP contribution in [0.2, 0.25) is 0 Å². The minimum atomic E-state index is -0.0612. The summed E-state index contributed by atoms with van der Waals surface area (Å²) in [7, 11) is 0. The normalized spacial score (nSPS) is 12.5. The lowest BCUT2D eigenvalue weighted by Gasteiger charge is -2.08. The van der Waals surface area contributed by atoms with Crippen LogP contribution in [0.5, 0.6) is 0 Å². The largest absolute Gasteiger partial charge is 0.356 e. The lowest BCUT2D eigenvalue weighted by molar-refractivity contribution is -0.121. The number of pyridine rings is 1. The molecule has 6 nitrogen and oxygen atoms in total. The highest BCUT2D eigenvalue weighted by Gasteiger charge is 2.08. The molecule has 19 heavy (non-hydrogen) atoms. The van der Waals surface area contributed by atoms with Crippen LogP contribution in [-0.2, 0) is 11.2 Å². The molecule has 2 aromatic rings. The fourth-order valence-electron chi connectivity index (χ4n) is 1.83. The Morgan fingerprint density at radius 1 is 1.47 bits per heavy atom. The van der Waals surface area contributed by atoms with Gasteiger partial charge in [0.05, 0.1) is 0 Å². The Labute approximate surface area is 112 Å². The van der Waals surface area contributed by atoms with E-state index in [0.717, 1.165) is 17.9 Å². The lowest BCUT2D eigenvalue weighted by Crippen LogP contribution is -2.32. The molecule has 0 radical (unpaired) electrons. The number of nitrogens with zero attached hydrogens (tertiary/aromatic N) is 3. The summed E-state index contributed by atoms with van der Waals surface area (Å²) in [5.74, 6) is 0.832. The van der Waals surface area contributed by atoms with Crippen molar-refractivity contribution in [3.8, 4) is 0 Å². The third kappa shape index (κ3) is 3.51. The van der Waals surface area contributed by atoms with Crippen molar-refractivity contribution in [2.75, 3.05) is 6.54 Å². The van der Waals surface area contributed by atoms with Crippen LogP contribution in [0.25, 0.3) is 5.65 Å². The Balaban J connectivity index is 1.84. The van der Waals surface area contributed by atoms with Crippen LogP contribution in [-0.4, -0.2) is 33.1 Å². The molecule has 1 unspecified atom stereocenters. The third-order valence-electron chi connectivity index (χ3n) is 3.03. The van der Waals surface area contributed by atoms with Crippen molar-refractivity contribution in [3.63, 3.8) is 0 Å². The smallest absolute Gasteiger partial charge is 0.221 e. The van der Waals surface area contributed by atoms with E-state index in [1.807, 2.05) is 35.7 Å². The second kappa shape index (κ2) is 6.29. The molecule has 1 amide bonds. The molecule has 0 bridgehead atoms. The molecule has 0 fully saturated rings. The molecule has 2 aromatic heterocycles. The molecule has 0 aromatic carbocycles. The maximum Gasteiger partial charge on any atom is 0.221 e. The van der Waals surface area contributed by atoms with Gasteiger partial charge in [-0.05, 0) is 18.6 Å². The first kappa shape index (κ1) is 13.5. The molecule has 0 saturated carbocycles. The SMILES string of the molecule is CCC(N)CC(=O)NCCc1nnc2ccccn12. The average Bonchev–Trinajstić information content (AvgIpc) is 2.82. The molecule has 1 atom stereocenters. The Hall–Kier alpha value is -1.95. The lowest BCUT2D eigenvalue weighted by atomic mass is 10.1. The monoisotopic (exact) mass is 261 g/mol. The van der Waals surface area contributed by atoms with Gasteiger partial charge in [-0.1, -0.05) is 13.0 Å². The first-order valence-corrected chi connectivity index (χ1v) is 6.51. The van der Waals surface area contributed by atoms with Crippen LogP contribution in [0.4, 0.5) is 0 Å². The Morgan fingerprint density at radius 3 is 3.11 bits per heavy atom. The predicted octanol–water partition coefficient (Wildman–Crippen LogP) is 0.515. The van der Waals surface area contributed by atoms with E-state index in [9.17, 15) is 4.79 Å². The van der Waals surface area contributed by atoms with Crippen LogP contribution < -0.4 is 11.1 Å². The second-order valence-corrected chi connectivity index (χ2v) is 4.52. The Morgan fingerprint density at radius 2 is 2.32 bits per heavy atom. The number of amides is 1. The van der Waals surface area contributed by atoms with Crippen LogP contribution >= 0.6 is 0 Å². The van der Waals surface area contributed by atoms with E-state index in [1.54, 1.807) is 0 Å². The van der Waals surface area contributed by atoms with Crippen molar-refractivity contribution >= 4 is 11.6 Å². The summed E-state index contributed by atoms with van der Waals surface area (Å²) >= 11 is 0. The maximum absolute atomic E-state index is 11.6. The highest BCUT2D eigenvalue weighted by molar-refractivity contribution is 5.76. The van der Waals surface area contributed by atoms with Gasteiger partial charge in [0.25, 0.3) is 0 Å². The second-order valence-electron chi connectivity index (χ2n) is 4.52. The summed E-state index contributed by atoms with van der Waals surface area (Å²) in [4.78, 5) is 11.6. The molecule has 0 aliphatic rings. The molecule has 102 valence electrons. The van der Waals surface area contributed by atoms with E-state index >= 15 is 0 Å². The van der Waals surface area contributed by atoms with Gasteiger partial charge in [0, 0.05) is 31.6 Å². The van der Waals surface area contributed by atoms with Crippen LogP contribution in [0.3, 0.4) is 0 Å². The predicted molar refractivity (Wildman–Crippen MR) is 72.6 cm³/mol. The number of aromatic nitrogens is 3. The fourth-order valence-corrected chi connectivity index (χ4v) is 1.83. The molecule has 6 heteroatoms. The zero-order valence-corrected chi connectivity index (χ0v) is 11.0. The van der Waals surface area contributed by atoms with Gasteiger partial charge in [0.2, 0.25) is 5.91 Å². The van der Waals surface area contributed by atoms with E-state index in [4.69, 9.17) is 5.73 Å². The van der Waals surface area contributed by atoms with Crippen molar-refractivity contribution in [2.24, 2.45) is 5.73 Å². The number of fused-ring (bicyclic) bond motifs is 1. The van der Waals surface area contributed by atoms with Gasteiger partial charge in [0.1, 0.15) is 5.82 Å². The minimum absolute atomic E-state index is 0.0110. The van der Waals surface area contributed by atoms with Gasteiger partial charge in [-0.15, -0.1) is 10.2 Å². The van der Waals surface area contributed by atoms with Crippen molar-refractivity contribution in [1.29, 1.82) is 0 Å². The van der Waals surface area contributed by atoms with Crippen molar-refractivity contribution in [2.45, 2.75) is 32.2 Å². The molecule has 0 aliphatic heterocycles. The average molecular weight is 261 g/mol. The van der Waals surface area contributed by atoms with Gasteiger partial charge in [0.15, 0.2) is 5.65 Å². The fraction of sp³-hybridized carbons (Fsp3) is 0.462. The van der Waals surface area contributed by atoms with Crippen LogP contribution in [0.15, 0.2) is 24.4 Å². The molecular formula is C13H19N5O. The summed E-state index contributed by atoms with van der Waals surface area (Å²) in [5, 5.41) is 11.0. The van der Waals surface area contributed by atoms with Crippen molar-refractivity contribution in [3.05, 3.63) is 30.2 Å². The number of nitrogens with one attached hydrogen (secondary N) is 1. The summed E-state index contributed by atoms with van der Waals surface area (Å²) in [6.45, 7) is 2.52. The molecular weight excluding hydrogens is 242 g/mol. The third-order valence-corrected chi connectivity index (χ3v) is 3.03. The quantitative estimate of drug-likeness (QED) is 0.793. The van der Waals surface area contributed by atoms with Crippen molar-refractivity contribution < 1.29 is 4.79 Å². The van der Waals surface area contributed by atoms with Crippen molar-refractivity contribution in [1.82, 2.24) is 19.9 Å². The number of hydrogen-bond acceptors (Lipinski definition) is 4. The Kier molecular flexibility index (Phi) is 4.46. The summed E-state index contributed by atoms with van der Waals surface area (Å²) in [6.07, 6.45) is 3.75.